The van der Waals surface area contributed by atoms with E-state index in [0.717, 1.165) is 43.2 Å². The van der Waals surface area contributed by atoms with E-state index in [0.29, 0.717) is 12.3 Å². The van der Waals surface area contributed by atoms with E-state index in [9.17, 15) is 14.7 Å². The summed E-state index contributed by atoms with van der Waals surface area (Å²) in [4.78, 5) is 25.4. The quantitative estimate of drug-likeness (QED) is 0.404. The van der Waals surface area contributed by atoms with Crippen LogP contribution in [0.1, 0.15) is 96.1 Å². The Kier molecular flexibility index (Phi) is 9.07. The molecule has 2 atom stereocenters. The molecule has 0 spiro atoms. The Labute approximate surface area is 186 Å². The smallest absolute Gasteiger partial charge is 0.311 e. The van der Waals surface area contributed by atoms with Gasteiger partial charge in [-0.2, -0.15) is 0 Å². The average Bonchev–Trinajstić information content (AvgIpc) is 2.71. The number of carbonyl (C=O) groups is 2. The maximum absolute atomic E-state index is 13.1. The molecular weight excluding hydrogens is 392 g/mol. The Hall–Kier alpha value is -1.92. The first-order valence-corrected chi connectivity index (χ1v) is 11.6. The van der Waals surface area contributed by atoms with Gasteiger partial charge in [0.1, 0.15) is 11.8 Å². The first-order valence-electron chi connectivity index (χ1n) is 11.6. The van der Waals surface area contributed by atoms with Crippen LogP contribution in [0, 0.1) is 5.41 Å². The van der Waals surface area contributed by atoms with Gasteiger partial charge < -0.3 is 20.9 Å². The van der Waals surface area contributed by atoms with Crippen molar-refractivity contribution in [2.75, 3.05) is 6.54 Å². The molecule has 0 bridgehead atoms. The van der Waals surface area contributed by atoms with Crippen LogP contribution in [-0.2, 0) is 9.59 Å². The van der Waals surface area contributed by atoms with Crippen LogP contribution in [0.25, 0.3) is 0 Å². The SMILES string of the molecule is CC(C)c1cccc(C(C)C)c1OC(=O)CC1(CNC(=O)[C@@H](N)[C@@H](C)O)CCCCC1. The number of aliphatic hydroxyl groups excluding tert-OH is 1. The number of para-hydroxylation sites is 1. The first kappa shape index (κ1) is 25.3. The van der Waals surface area contributed by atoms with Gasteiger partial charge in [-0.25, -0.2) is 0 Å². The summed E-state index contributed by atoms with van der Waals surface area (Å²) >= 11 is 0. The largest absolute Gasteiger partial charge is 0.426 e. The van der Waals surface area contributed by atoms with E-state index in [1.807, 2.05) is 18.2 Å². The summed E-state index contributed by atoms with van der Waals surface area (Å²) in [6, 6.07) is 5.09. The Bertz CT molecular complexity index is 726. The molecule has 2 rings (SSSR count). The second-order valence-corrected chi connectivity index (χ2v) is 9.77. The van der Waals surface area contributed by atoms with Crippen LogP contribution in [0.3, 0.4) is 0 Å². The van der Waals surface area contributed by atoms with E-state index < -0.39 is 12.1 Å². The van der Waals surface area contributed by atoms with Gasteiger partial charge in [-0.3, -0.25) is 9.59 Å². The lowest BCUT2D eigenvalue weighted by Crippen LogP contribution is -2.50. The third kappa shape index (κ3) is 6.78. The van der Waals surface area contributed by atoms with Crippen molar-refractivity contribution in [3.05, 3.63) is 29.3 Å². The van der Waals surface area contributed by atoms with Crippen LogP contribution in [0.2, 0.25) is 0 Å². The molecule has 1 aliphatic rings. The van der Waals surface area contributed by atoms with Gasteiger partial charge in [0.15, 0.2) is 0 Å². The minimum Gasteiger partial charge on any atom is -0.426 e. The molecule has 1 aromatic rings. The van der Waals surface area contributed by atoms with Crippen LogP contribution in [0.5, 0.6) is 5.75 Å². The van der Waals surface area contributed by atoms with Crippen molar-refractivity contribution in [1.82, 2.24) is 5.32 Å². The molecule has 1 saturated carbocycles. The third-order valence-electron chi connectivity index (χ3n) is 6.43. The van der Waals surface area contributed by atoms with E-state index in [4.69, 9.17) is 10.5 Å². The molecule has 174 valence electrons. The molecule has 1 aliphatic carbocycles. The van der Waals surface area contributed by atoms with Crippen molar-refractivity contribution in [2.45, 2.75) is 97.1 Å². The molecule has 0 saturated heterocycles. The van der Waals surface area contributed by atoms with E-state index in [2.05, 4.69) is 33.0 Å². The Morgan fingerprint density at radius 2 is 1.61 bits per heavy atom. The standard InChI is InChI=1S/C25H40N2O4/c1-16(2)19-10-9-11-20(17(3)4)23(19)31-21(29)14-25(12-7-6-8-13-25)15-27-24(30)22(26)18(5)28/h9-11,16-18,22,28H,6-8,12-15,26H2,1-5H3,(H,27,30)/t18-,22+/m1/s1. The Morgan fingerprint density at radius 3 is 2.10 bits per heavy atom. The van der Waals surface area contributed by atoms with Gasteiger partial charge in [0, 0.05) is 6.54 Å². The van der Waals surface area contributed by atoms with Gasteiger partial charge in [0.05, 0.1) is 12.5 Å². The van der Waals surface area contributed by atoms with Crippen LogP contribution < -0.4 is 15.8 Å². The predicted octanol–water partition coefficient (Wildman–Crippen LogP) is 4.00. The molecule has 1 amide bonds. The second kappa shape index (κ2) is 11.1. The molecule has 0 radical (unpaired) electrons. The maximum Gasteiger partial charge on any atom is 0.311 e. The van der Waals surface area contributed by atoms with Crippen molar-refractivity contribution in [2.24, 2.45) is 11.1 Å². The molecular formula is C25H40N2O4. The first-order chi connectivity index (χ1) is 14.6. The highest BCUT2D eigenvalue weighted by Gasteiger charge is 2.36. The monoisotopic (exact) mass is 432 g/mol. The van der Waals surface area contributed by atoms with E-state index in [1.54, 1.807) is 0 Å². The molecule has 0 unspecified atom stereocenters. The fourth-order valence-corrected chi connectivity index (χ4v) is 4.39. The van der Waals surface area contributed by atoms with Crippen LogP contribution >= 0.6 is 0 Å². The van der Waals surface area contributed by atoms with Gasteiger partial charge in [0.25, 0.3) is 0 Å². The summed E-state index contributed by atoms with van der Waals surface area (Å²) < 4.78 is 6.00. The molecule has 0 aromatic heterocycles. The van der Waals surface area contributed by atoms with Crippen molar-refractivity contribution >= 4 is 11.9 Å². The number of nitrogens with one attached hydrogen (secondary N) is 1. The summed E-state index contributed by atoms with van der Waals surface area (Å²) in [6.45, 7) is 10.3. The normalized spacial score (nSPS) is 18.0. The molecule has 0 aliphatic heterocycles. The zero-order valence-corrected chi connectivity index (χ0v) is 19.7. The topological polar surface area (TPSA) is 102 Å². The van der Waals surface area contributed by atoms with Gasteiger partial charge in [-0.15, -0.1) is 0 Å². The minimum atomic E-state index is -0.973. The molecule has 1 aromatic carbocycles. The Morgan fingerprint density at radius 1 is 1.06 bits per heavy atom. The number of hydrogen-bond acceptors (Lipinski definition) is 5. The van der Waals surface area contributed by atoms with Gasteiger partial charge in [-0.1, -0.05) is 65.2 Å². The lowest BCUT2D eigenvalue weighted by atomic mass is 9.71. The molecule has 1 fully saturated rings. The lowest BCUT2D eigenvalue weighted by molar-refractivity contribution is -0.138. The Balaban J connectivity index is 2.18. The summed E-state index contributed by atoms with van der Waals surface area (Å²) in [5.74, 6) is 0.521. The zero-order chi connectivity index (χ0) is 23.2. The van der Waals surface area contributed by atoms with Crippen LogP contribution in [0.4, 0.5) is 0 Å². The number of aliphatic hydroxyl groups is 1. The van der Waals surface area contributed by atoms with Crippen molar-refractivity contribution in [3.63, 3.8) is 0 Å². The number of esters is 1. The van der Waals surface area contributed by atoms with Crippen molar-refractivity contribution in [3.8, 4) is 5.75 Å². The van der Waals surface area contributed by atoms with Crippen LogP contribution in [-0.4, -0.2) is 35.7 Å². The summed E-state index contributed by atoms with van der Waals surface area (Å²) in [5.41, 5.74) is 7.49. The molecule has 31 heavy (non-hydrogen) atoms. The molecule has 4 N–H and O–H groups in total. The number of ether oxygens (including phenoxy) is 1. The maximum atomic E-state index is 13.1. The number of hydrogen-bond donors (Lipinski definition) is 3. The number of nitrogens with two attached hydrogens (primary N) is 1. The highest BCUT2D eigenvalue weighted by Crippen LogP contribution is 2.40. The number of rotatable bonds is 9. The molecule has 6 heteroatoms. The van der Waals surface area contributed by atoms with Gasteiger partial charge in [-0.05, 0) is 48.1 Å². The molecule has 6 nitrogen and oxygen atoms in total. The highest BCUT2D eigenvalue weighted by atomic mass is 16.5. The van der Waals surface area contributed by atoms with Gasteiger partial charge in [0.2, 0.25) is 5.91 Å². The predicted molar refractivity (Wildman–Crippen MR) is 123 cm³/mol. The fraction of sp³-hybridized carbons (Fsp3) is 0.680. The fourth-order valence-electron chi connectivity index (χ4n) is 4.39. The average molecular weight is 433 g/mol. The lowest BCUT2D eigenvalue weighted by Gasteiger charge is -2.37. The van der Waals surface area contributed by atoms with E-state index in [1.165, 1.54) is 6.92 Å². The molecule has 0 heterocycles. The van der Waals surface area contributed by atoms with E-state index in [-0.39, 0.29) is 35.5 Å². The number of amides is 1. The number of benzene rings is 1. The number of carbonyl (C=O) groups excluding carboxylic acids is 2. The summed E-state index contributed by atoms with van der Waals surface area (Å²) in [7, 11) is 0. The summed E-state index contributed by atoms with van der Waals surface area (Å²) in [6.07, 6.45) is 4.21. The zero-order valence-electron chi connectivity index (χ0n) is 19.7. The van der Waals surface area contributed by atoms with Gasteiger partial charge >= 0.3 is 5.97 Å². The van der Waals surface area contributed by atoms with Crippen LogP contribution in [0.15, 0.2) is 18.2 Å². The minimum absolute atomic E-state index is 0.242. The van der Waals surface area contributed by atoms with E-state index >= 15 is 0 Å². The summed E-state index contributed by atoms with van der Waals surface area (Å²) in [5, 5.41) is 12.5. The van der Waals surface area contributed by atoms with Crippen molar-refractivity contribution < 1.29 is 19.4 Å². The highest BCUT2D eigenvalue weighted by molar-refractivity contribution is 5.82. The van der Waals surface area contributed by atoms with Crippen molar-refractivity contribution in [1.29, 1.82) is 0 Å². The second-order valence-electron chi connectivity index (χ2n) is 9.77. The third-order valence-corrected chi connectivity index (χ3v) is 6.43.